The second kappa shape index (κ2) is 8.63. The fourth-order valence-electron chi connectivity index (χ4n) is 3.17. The van der Waals surface area contributed by atoms with Gasteiger partial charge in [0.15, 0.2) is 9.84 Å². The monoisotopic (exact) mass is 440 g/mol. The van der Waals surface area contributed by atoms with Gasteiger partial charge in [-0.2, -0.15) is 0 Å². The van der Waals surface area contributed by atoms with E-state index in [2.05, 4.69) is 5.32 Å². The number of nitrogens with zero attached hydrogens (tertiary/aromatic N) is 1. The molecular formula is C19H21ClN2O4S2. The lowest BCUT2D eigenvalue weighted by molar-refractivity contribution is 0.0762. The number of anilines is 1. The largest absolute Gasteiger partial charge is 0.337 e. The third-order valence-corrected chi connectivity index (χ3v) is 7.52. The molecule has 2 aromatic rings. The van der Waals surface area contributed by atoms with Crippen LogP contribution in [0.4, 0.5) is 5.69 Å². The van der Waals surface area contributed by atoms with Crippen molar-refractivity contribution in [3.8, 4) is 0 Å². The van der Waals surface area contributed by atoms with E-state index in [-0.39, 0.29) is 18.4 Å². The quantitative estimate of drug-likeness (QED) is 0.785. The van der Waals surface area contributed by atoms with Crippen molar-refractivity contribution < 1.29 is 18.0 Å². The van der Waals surface area contributed by atoms with Crippen LogP contribution in [0.2, 0.25) is 5.02 Å². The van der Waals surface area contributed by atoms with Crippen molar-refractivity contribution in [2.45, 2.75) is 24.5 Å². The van der Waals surface area contributed by atoms with Gasteiger partial charge in [0.2, 0.25) is 0 Å². The molecule has 1 N–H and O–H groups in total. The molecule has 0 bridgehead atoms. The van der Waals surface area contributed by atoms with Gasteiger partial charge in [-0.25, -0.2) is 8.42 Å². The predicted molar refractivity (Wildman–Crippen MR) is 112 cm³/mol. The number of rotatable bonds is 4. The summed E-state index contributed by atoms with van der Waals surface area (Å²) in [6.07, 6.45) is 3.30. The lowest BCUT2D eigenvalue weighted by Gasteiger charge is -2.24. The molecule has 1 atom stereocenters. The molecule has 1 saturated heterocycles. The van der Waals surface area contributed by atoms with Crippen molar-refractivity contribution in [1.82, 2.24) is 4.90 Å². The van der Waals surface area contributed by atoms with Crippen LogP contribution in [-0.2, 0) is 9.84 Å². The molecule has 0 saturated carbocycles. The van der Waals surface area contributed by atoms with Crippen molar-refractivity contribution in [2.75, 3.05) is 24.7 Å². The fourth-order valence-corrected chi connectivity index (χ4v) is 4.99. The fraction of sp³-hybridized carbons (Fsp3) is 0.368. The molecule has 1 aliphatic rings. The van der Waals surface area contributed by atoms with Gasteiger partial charge in [-0.1, -0.05) is 24.1 Å². The summed E-state index contributed by atoms with van der Waals surface area (Å²) in [6, 6.07) is 8.16. The molecule has 1 aliphatic heterocycles. The Morgan fingerprint density at radius 1 is 1.25 bits per heavy atom. The Labute approximate surface area is 173 Å². The number of carbonyl (C=O) groups is 2. The molecule has 1 unspecified atom stereocenters. The van der Waals surface area contributed by atoms with E-state index in [1.165, 1.54) is 23.7 Å². The number of hydrogen-bond acceptors (Lipinski definition) is 5. The number of amides is 2. The Balaban J connectivity index is 1.80. The minimum atomic E-state index is -3.22. The summed E-state index contributed by atoms with van der Waals surface area (Å²) in [7, 11) is -3.22. The minimum absolute atomic E-state index is 0.178. The Morgan fingerprint density at radius 3 is 2.71 bits per heavy atom. The van der Waals surface area contributed by atoms with Crippen LogP contribution in [0.5, 0.6) is 0 Å². The molecular weight excluding hydrogens is 420 g/mol. The van der Waals surface area contributed by atoms with Crippen LogP contribution < -0.4 is 5.32 Å². The van der Waals surface area contributed by atoms with Crippen molar-refractivity contribution in [3.05, 3.63) is 51.2 Å². The van der Waals surface area contributed by atoms with E-state index in [1.54, 1.807) is 34.5 Å². The molecule has 0 spiro atoms. The van der Waals surface area contributed by atoms with Gasteiger partial charge in [-0.15, -0.1) is 11.3 Å². The molecule has 1 aromatic carbocycles. The molecule has 2 amide bonds. The summed E-state index contributed by atoms with van der Waals surface area (Å²) in [6.45, 7) is 0.682. The Morgan fingerprint density at radius 2 is 2.04 bits per heavy atom. The summed E-state index contributed by atoms with van der Waals surface area (Å²) in [5.41, 5.74) is 0.709. The van der Waals surface area contributed by atoms with Crippen LogP contribution in [0.3, 0.4) is 0 Å². The Hall–Kier alpha value is -1.90. The number of halogens is 1. The minimum Gasteiger partial charge on any atom is -0.337 e. The molecule has 28 heavy (non-hydrogen) atoms. The number of hydrogen-bond donors (Lipinski definition) is 1. The molecule has 6 nitrogen and oxygen atoms in total. The van der Waals surface area contributed by atoms with Gasteiger partial charge in [0.25, 0.3) is 11.8 Å². The zero-order chi connectivity index (χ0) is 20.3. The summed E-state index contributed by atoms with van der Waals surface area (Å²) in [5.74, 6) is -0.563. The standard InChI is InChI=1S/C19H21ClN2O4S2/c1-28(25,26)14-5-2-3-9-22(12-14)19(24)13-7-8-15(20)16(11-13)21-18(23)17-6-4-10-27-17/h4,6-8,10-11,14H,2-3,5,9,12H2,1H3,(H,21,23). The van der Waals surface area contributed by atoms with E-state index in [0.717, 1.165) is 12.8 Å². The van der Waals surface area contributed by atoms with Crippen molar-refractivity contribution in [1.29, 1.82) is 0 Å². The first-order chi connectivity index (χ1) is 13.3. The molecule has 0 aliphatic carbocycles. The number of likely N-dealkylation sites (tertiary alicyclic amines) is 1. The average Bonchev–Trinajstić information content (AvgIpc) is 3.06. The molecule has 3 rings (SSSR count). The van der Waals surface area contributed by atoms with E-state index in [9.17, 15) is 18.0 Å². The third-order valence-electron chi connectivity index (χ3n) is 4.73. The molecule has 0 radical (unpaired) electrons. The van der Waals surface area contributed by atoms with Gasteiger partial charge in [0.05, 0.1) is 20.8 Å². The van der Waals surface area contributed by atoms with Crippen molar-refractivity contribution >= 4 is 50.3 Å². The van der Waals surface area contributed by atoms with Crippen LogP contribution >= 0.6 is 22.9 Å². The molecule has 9 heteroatoms. The Kier molecular flexibility index (Phi) is 6.42. The van der Waals surface area contributed by atoms with E-state index in [4.69, 9.17) is 11.6 Å². The second-order valence-corrected chi connectivity index (χ2v) is 10.5. The molecule has 150 valence electrons. The van der Waals surface area contributed by atoms with Crippen LogP contribution in [0.1, 0.15) is 39.3 Å². The highest BCUT2D eigenvalue weighted by molar-refractivity contribution is 7.91. The molecule has 2 heterocycles. The van der Waals surface area contributed by atoms with E-state index in [1.807, 2.05) is 0 Å². The maximum absolute atomic E-state index is 13.0. The molecule has 1 fully saturated rings. The highest BCUT2D eigenvalue weighted by Gasteiger charge is 2.29. The predicted octanol–water partition coefficient (Wildman–Crippen LogP) is 3.69. The number of thiophene rings is 1. The summed E-state index contributed by atoms with van der Waals surface area (Å²) >= 11 is 7.49. The number of nitrogens with one attached hydrogen (secondary N) is 1. The van der Waals surface area contributed by atoms with Crippen LogP contribution in [0.25, 0.3) is 0 Å². The zero-order valence-corrected chi connectivity index (χ0v) is 17.7. The van der Waals surface area contributed by atoms with E-state index < -0.39 is 15.1 Å². The summed E-state index contributed by atoms with van der Waals surface area (Å²) in [4.78, 5) is 27.4. The highest BCUT2D eigenvalue weighted by Crippen LogP contribution is 2.26. The Bertz CT molecular complexity index is 974. The smallest absolute Gasteiger partial charge is 0.265 e. The first-order valence-electron chi connectivity index (χ1n) is 8.88. The number of sulfone groups is 1. The first kappa shape index (κ1) is 20.8. The number of carbonyl (C=O) groups excluding carboxylic acids is 2. The second-order valence-electron chi connectivity index (χ2n) is 6.82. The highest BCUT2D eigenvalue weighted by atomic mass is 35.5. The van der Waals surface area contributed by atoms with Gasteiger partial charge in [0, 0.05) is 24.9 Å². The van der Waals surface area contributed by atoms with Gasteiger partial charge in [-0.05, 0) is 42.5 Å². The zero-order valence-electron chi connectivity index (χ0n) is 15.4. The van der Waals surface area contributed by atoms with Gasteiger partial charge < -0.3 is 10.2 Å². The summed E-state index contributed by atoms with van der Waals surface area (Å²) in [5, 5.41) is 4.30. The molecule has 1 aromatic heterocycles. The lowest BCUT2D eigenvalue weighted by Crippen LogP contribution is -2.39. The van der Waals surface area contributed by atoms with Crippen LogP contribution in [0.15, 0.2) is 35.7 Å². The van der Waals surface area contributed by atoms with E-state index >= 15 is 0 Å². The van der Waals surface area contributed by atoms with Crippen molar-refractivity contribution in [2.24, 2.45) is 0 Å². The topological polar surface area (TPSA) is 83.6 Å². The average molecular weight is 441 g/mol. The SMILES string of the molecule is CS(=O)(=O)C1CCCCN(C(=O)c2ccc(Cl)c(NC(=O)c3cccs3)c2)C1. The summed E-state index contributed by atoms with van der Waals surface area (Å²) < 4.78 is 23.9. The first-order valence-corrected chi connectivity index (χ1v) is 12.1. The lowest BCUT2D eigenvalue weighted by atomic mass is 10.1. The van der Waals surface area contributed by atoms with Crippen LogP contribution in [0, 0.1) is 0 Å². The van der Waals surface area contributed by atoms with E-state index in [0.29, 0.717) is 34.1 Å². The van der Waals surface area contributed by atoms with Gasteiger partial charge >= 0.3 is 0 Å². The number of benzene rings is 1. The maximum Gasteiger partial charge on any atom is 0.265 e. The maximum atomic E-state index is 13.0. The van der Waals surface area contributed by atoms with Crippen molar-refractivity contribution in [3.63, 3.8) is 0 Å². The van der Waals surface area contributed by atoms with Crippen LogP contribution in [-0.4, -0.2) is 49.7 Å². The normalized spacial score (nSPS) is 17.8. The van der Waals surface area contributed by atoms with Gasteiger partial charge in [-0.3, -0.25) is 9.59 Å². The third kappa shape index (κ3) is 4.92. The van der Waals surface area contributed by atoms with Gasteiger partial charge in [0.1, 0.15) is 0 Å².